The van der Waals surface area contributed by atoms with E-state index in [0.717, 1.165) is 19.4 Å². The predicted molar refractivity (Wildman–Crippen MR) is 57.9 cm³/mol. The molecule has 2 heteroatoms. The maximum atomic E-state index is 8.64. The minimum Gasteiger partial charge on any atom is -0.396 e. The third-order valence-electron chi connectivity index (χ3n) is 3.12. The molecule has 0 aromatic carbocycles. The van der Waals surface area contributed by atoms with Gasteiger partial charge in [-0.2, -0.15) is 0 Å². The van der Waals surface area contributed by atoms with E-state index >= 15 is 0 Å². The topological polar surface area (TPSA) is 32.3 Å². The monoisotopic (exact) mass is 187 g/mol. The summed E-state index contributed by atoms with van der Waals surface area (Å²) >= 11 is 0. The van der Waals surface area contributed by atoms with E-state index in [4.69, 9.17) is 5.11 Å². The van der Waals surface area contributed by atoms with E-state index in [0.29, 0.717) is 12.1 Å². The van der Waals surface area contributed by atoms with Crippen LogP contribution in [0, 0.1) is 0 Å². The van der Waals surface area contributed by atoms with Crippen LogP contribution >= 0.6 is 0 Å². The normalized spacial score (nSPS) is 12.0. The molecule has 0 unspecified atom stereocenters. The Bertz CT molecular complexity index is 102. The number of hydrogen-bond donors (Lipinski definition) is 2. The van der Waals surface area contributed by atoms with Crippen LogP contribution < -0.4 is 5.32 Å². The first kappa shape index (κ1) is 12.9. The molecule has 80 valence electrons. The largest absolute Gasteiger partial charge is 0.396 e. The third-order valence-corrected chi connectivity index (χ3v) is 3.12. The van der Waals surface area contributed by atoms with Crippen molar-refractivity contribution in [3.05, 3.63) is 0 Å². The molecular weight excluding hydrogens is 162 g/mol. The third kappa shape index (κ3) is 4.63. The molecular formula is C11H25NO. The summed E-state index contributed by atoms with van der Waals surface area (Å²) in [6, 6.07) is 0. The molecule has 0 aliphatic carbocycles. The van der Waals surface area contributed by atoms with E-state index in [2.05, 4.69) is 26.1 Å². The Balaban J connectivity index is 3.68. The zero-order valence-corrected chi connectivity index (χ0v) is 9.40. The van der Waals surface area contributed by atoms with Crippen LogP contribution in [-0.4, -0.2) is 23.8 Å². The molecule has 2 nitrogen and oxygen atoms in total. The number of hydrogen-bond acceptors (Lipinski definition) is 2. The summed E-state index contributed by atoms with van der Waals surface area (Å²) in [4.78, 5) is 0. The molecule has 0 aliphatic rings. The van der Waals surface area contributed by atoms with E-state index < -0.39 is 0 Å². The van der Waals surface area contributed by atoms with Crippen molar-refractivity contribution in [2.24, 2.45) is 0 Å². The van der Waals surface area contributed by atoms with Gasteiger partial charge in [0.05, 0.1) is 0 Å². The van der Waals surface area contributed by atoms with Gasteiger partial charge in [0.25, 0.3) is 0 Å². The summed E-state index contributed by atoms with van der Waals surface area (Å²) in [5, 5.41) is 12.2. The summed E-state index contributed by atoms with van der Waals surface area (Å²) in [6.45, 7) is 8.08. The Morgan fingerprint density at radius 3 is 1.92 bits per heavy atom. The molecule has 2 N–H and O–H groups in total. The molecule has 0 rings (SSSR count). The number of rotatable bonds is 8. The van der Waals surface area contributed by atoms with Gasteiger partial charge in [0.2, 0.25) is 0 Å². The summed E-state index contributed by atoms with van der Waals surface area (Å²) in [7, 11) is 0. The van der Waals surface area contributed by atoms with Crippen molar-refractivity contribution in [2.45, 2.75) is 58.4 Å². The highest BCUT2D eigenvalue weighted by Gasteiger charge is 2.21. The van der Waals surface area contributed by atoms with Crippen molar-refractivity contribution in [3.8, 4) is 0 Å². The first-order valence-corrected chi connectivity index (χ1v) is 5.60. The van der Waals surface area contributed by atoms with Gasteiger partial charge in [-0.25, -0.2) is 0 Å². The number of aliphatic hydroxyl groups is 1. The quantitative estimate of drug-likeness (QED) is 0.572. The smallest absolute Gasteiger partial charge is 0.0431 e. The maximum Gasteiger partial charge on any atom is 0.0431 e. The lowest BCUT2D eigenvalue weighted by atomic mass is 9.90. The van der Waals surface area contributed by atoms with E-state index in [-0.39, 0.29) is 0 Å². The molecule has 0 saturated heterocycles. The van der Waals surface area contributed by atoms with Gasteiger partial charge in [-0.05, 0) is 38.6 Å². The lowest BCUT2D eigenvalue weighted by Crippen LogP contribution is -2.44. The lowest BCUT2D eigenvalue weighted by molar-refractivity contribution is 0.263. The number of nitrogens with one attached hydrogen (secondary N) is 1. The van der Waals surface area contributed by atoms with Crippen LogP contribution in [-0.2, 0) is 0 Å². The fourth-order valence-electron chi connectivity index (χ4n) is 1.72. The highest BCUT2D eigenvalue weighted by atomic mass is 16.2. The van der Waals surface area contributed by atoms with Crippen LogP contribution in [0.5, 0.6) is 0 Å². The van der Waals surface area contributed by atoms with E-state index in [1.54, 1.807) is 0 Å². The Morgan fingerprint density at radius 1 is 1.00 bits per heavy atom. The summed E-state index contributed by atoms with van der Waals surface area (Å²) in [5.74, 6) is 0. The highest BCUT2D eigenvalue weighted by Crippen LogP contribution is 2.18. The second-order valence-corrected chi connectivity index (χ2v) is 3.70. The van der Waals surface area contributed by atoms with E-state index in [1.165, 1.54) is 19.3 Å². The second-order valence-electron chi connectivity index (χ2n) is 3.70. The average Bonchev–Trinajstić information content (AvgIpc) is 2.20. The molecule has 0 atom stereocenters. The average molecular weight is 187 g/mol. The first-order valence-electron chi connectivity index (χ1n) is 5.60. The molecule has 0 aromatic rings. The Hall–Kier alpha value is -0.0800. The van der Waals surface area contributed by atoms with Gasteiger partial charge >= 0.3 is 0 Å². The number of aliphatic hydroxyl groups excluding tert-OH is 1. The molecule has 0 heterocycles. The van der Waals surface area contributed by atoms with Crippen LogP contribution in [0.3, 0.4) is 0 Å². The second kappa shape index (κ2) is 7.34. The minimum atomic E-state index is 0.319. The van der Waals surface area contributed by atoms with Crippen LogP contribution in [0.25, 0.3) is 0 Å². The predicted octanol–water partition coefficient (Wildman–Crippen LogP) is 2.32. The molecule has 0 aliphatic heterocycles. The van der Waals surface area contributed by atoms with E-state index in [9.17, 15) is 0 Å². The lowest BCUT2D eigenvalue weighted by Gasteiger charge is -2.32. The molecule has 0 fully saturated rings. The SMILES string of the molecule is CCC(CC)(CC)NCCCCO. The van der Waals surface area contributed by atoms with Crippen molar-refractivity contribution in [2.75, 3.05) is 13.2 Å². The fourth-order valence-corrected chi connectivity index (χ4v) is 1.72. The molecule has 0 spiro atoms. The molecule has 13 heavy (non-hydrogen) atoms. The van der Waals surface area contributed by atoms with Gasteiger partial charge in [0.1, 0.15) is 0 Å². The summed E-state index contributed by atoms with van der Waals surface area (Å²) in [5.41, 5.74) is 0.343. The van der Waals surface area contributed by atoms with Gasteiger partial charge in [0, 0.05) is 12.1 Å². The Kier molecular flexibility index (Phi) is 7.29. The van der Waals surface area contributed by atoms with E-state index in [1.807, 2.05) is 0 Å². The van der Waals surface area contributed by atoms with Crippen LogP contribution in [0.1, 0.15) is 52.9 Å². The van der Waals surface area contributed by atoms with Gasteiger partial charge in [-0.15, -0.1) is 0 Å². The van der Waals surface area contributed by atoms with Gasteiger partial charge in [-0.3, -0.25) is 0 Å². The highest BCUT2D eigenvalue weighted by molar-refractivity contribution is 4.83. The minimum absolute atomic E-state index is 0.319. The van der Waals surface area contributed by atoms with Crippen LogP contribution in [0.2, 0.25) is 0 Å². The zero-order chi connectivity index (χ0) is 10.2. The molecule has 0 saturated carbocycles. The van der Waals surface area contributed by atoms with Crippen molar-refractivity contribution >= 4 is 0 Å². The molecule has 0 radical (unpaired) electrons. The summed E-state index contributed by atoms with van der Waals surface area (Å²) < 4.78 is 0. The fraction of sp³-hybridized carbons (Fsp3) is 1.00. The van der Waals surface area contributed by atoms with Crippen molar-refractivity contribution in [1.82, 2.24) is 5.32 Å². The van der Waals surface area contributed by atoms with Crippen molar-refractivity contribution in [1.29, 1.82) is 0 Å². The molecule has 0 amide bonds. The Labute approximate surface area is 82.7 Å². The van der Waals surface area contributed by atoms with Gasteiger partial charge in [-0.1, -0.05) is 20.8 Å². The Morgan fingerprint density at radius 2 is 1.54 bits per heavy atom. The molecule has 0 aromatic heterocycles. The summed E-state index contributed by atoms with van der Waals surface area (Å²) in [6.07, 6.45) is 5.58. The van der Waals surface area contributed by atoms with Gasteiger partial charge in [0.15, 0.2) is 0 Å². The van der Waals surface area contributed by atoms with Crippen molar-refractivity contribution in [3.63, 3.8) is 0 Å². The van der Waals surface area contributed by atoms with Crippen molar-refractivity contribution < 1.29 is 5.11 Å². The number of unbranched alkanes of at least 4 members (excludes halogenated alkanes) is 1. The first-order chi connectivity index (χ1) is 6.24. The molecule has 0 bridgehead atoms. The van der Waals surface area contributed by atoms with Crippen LogP contribution in [0.15, 0.2) is 0 Å². The van der Waals surface area contributed by atoms with Gasteiger partial charge < -0.3 is 10.4 Å². The van der Waals surface area contributed by atoms with Crippen LogP contribution in [0.4, 0.5) is 0 Å². The zero-order valence-electron chi connectivity index (χ0n) is 9.40. The maximum absolute atomic E-state index is 8.64. The standard InChI is InChI=1S/C11H25NO/c1-4-11(5-2,6-3)12-9-7-8-10-13/h12-13H,4-10H2,1-3H3.